The SMILES string of the molecule is CCC(C)c1ccccc1Oc1ccc(CNC)c(Br)c1. The molecule has 0 aliphatic rings. The van der Waals surface area contributed by atoms with Gasteiger partial charge in [0.25, 0.3) is 0 Å². The fourth-order valence-corrected chi connectivity index (χ4v) is 2.75. The first-order valence-corrected chi connectivity index (χ1v) is 8.14. The number of benzene rings is 2. The van der Waals surface area contributed by atoms with Crippen LogP contribution in [-0.2, 0) is 6.54 Å². The molecule has 0 radical (unpaired) electrons. The maximum atomic E-state index is 6.10. The van der Waals surface area contributed by atoms with Crippen LogP contribution in [0.25, 0.3) is 0 Å². The highest BCUT2D eigenvalue weighted by Crippen LogP contribution is 2.33. The second-order valence-corrected chi connectivity index (χ2v) is 6.09. The van der Waals surface area contributed by atoms with Crippen LogP contribution in [0.1, 0.15) is 37.3 Å². The van der Waals surface area contributed by atoms with Crippen molar-refractivity contribution in [1.29, 1.82) is 0 Å². The normalized spacial score (nSPS) is 12.2. The van der Waals surface area contributed by atoms with Gasteiger partial charge < -0.3 is 10.1 Å². The standard InChI is InChI=1S/C18H22BrNO/c1-4-13(2)16-7-5-6-8-18(16)21-15-10-9-14(12-20-3)17(19)11-15/h5-11,13,20H,4,12H2,1-3H3. The van der Waals surface area contributed by atoms with Crippen LogP contribution in [0.4, 0.5) is 0 Å². The van der Waals surface area contributed by atoms with E-state index in [1.165, 1.54) is 11.1 Å². The molecule has 0 saturated heterocycles. The van der Waals surface area contributed by atoms with Gasteiger partial charge in [0, 0.05) is 11.0 Å². The van der Waals surface area contributed by atoms with Gasteiger partial charge in [-0.25, -0.2) is 0 Å². The maximum absolute atomic E-state index is 6.10. The van der Waals surface area contributed by atoms with E-state index < -0.39 is 0 Å². The highest BCUT2D eigenvalue weighted by atomic mass is 79.9. The molecule has 2 aromatic rings. The molecule has 0 aliphatic carbocycles. The molecule has 0 aliphatic heterocycles. The van der Waals surface area contributed by atoms with E-state index >= 15 is 0 Å². The summed E-state index contributed by atoms with van der Waals surface area (Å²) in [6, 6.07) is 14.4. The van der Waals surface area contributed by atoms with Gasteiger partial charge in [-0.1, -0.05) is 54.0 Å². The first kappa shape index (κ1) is 16.1. The minimum absolute atomic E-state index is 0.494. The fourth-order valence-electron chi connectivity index (χ4n) is 2.25. The molecule has 2 rings (SSSR count). The number of para-hydroxylation sites is 1. The molecule has 112 valence electrons. The molecule has 1 atom stereocenters. The molecule has 2 aromatic carbocycles. The summed E-state index contributed by atoms with van der Waals surface area (Å²) in [5.41, 5.74) is 2.48. The van der Waals surface area contributed by atoms with Crippen LogP contribution in [0.3, 0.4) is 0 Å². The summed E-state index contributed by atoms with van der Waals surface area (Å²) in [4.78, 5) is 0. The highest BCUT2D eigenvalue weighted by Gasteiger charge is 2.11. The molecule has 0 bridgehead atoms. The Labute approximate surface area is 135 Å². The Balaban J connectivity index is 2.24. The molecule has 21 heavy (non-hydrogen) atoms. The predicted octanol–water partition coefficient (Wildman–Crippen LogP) is 5.47. The molecular formula is C18H22BrNO. The molecule has 3 heteroatoms. The van der Waals surface area contributed by atoms with E-state index in [1.54, 1.807) is 0 Å². The average molecular weight is 348 g/mol. The first-order valence-electron chi connectivity index (χ1n) is 7.35. The van der Waals surface area contributed by atoms with E-state index in [0.717, 1.165) is 28.9 Å². The maximum Gasteiger partial charge on any atom is 0.130 e. The number of nitrogens with one attached hydrogen (secondary N) is 1. The van der Waals surface area contributed by atoms with Gasteiger partial charge in [0.15, 0.2) is 0 Å². The number of halogens is 1. The summed E-state index contributed by atoms with van der Waals surface area (Å²) in [7, 11) is 1.94. The zero-order valence-corrected chi connectivity index (χ0v) is 14.4. The topological polar surface area (TPSA) is 21.3 Å². The van der Waals surface area contributed by atoms with Gasteiger partial charge in [0.05, 0.1) is 0 Å². The minimum atomic E-state index is 0.494. The average Bonchev–Trinajstić information content (AvgIpc) is 2.50. The van der Waals surface area contributed by atoms with Crippen molar-refractivity contribution in [3.05, 3.63) is 58.1 Å². The quantitative estimate of drug-likeness (QED) is 0.747. The summed E-state index contributed by atoms with van der Waals surface area (Å²) in [6.07, 6.45) is 1.10. The number of rotatable bonds is 6. The molecule has 0 spiro atoms. The second kappa shape index (κ2) is 7.62. The van der Waals surface area contributed by atoms with Crippen molar-refractivity contribution in [2.24, 2.45) is 0 Å². The molecule has 1 N–H and O–H groups in total. The van der Waals surface area contributed by atoms with Crippen LogP contribution < -0.4 is 10.1 Å². The van der Waals surface area contributed by atoms with Gasteiger partial charge in [-0.15, -0.1) is 0 Å². The summed E-state index contributed by atoms with van der Waals surface area (Å²) >= 11 is 3.60. The fraction of sp³-hybridized carbons (Fsp3) is 0.333. The Kier molecular flexibility index (Phi) is 5.83. The lowest BCUT2D eigenvalue weighted by molar-refractivity contribution is 0.469. The molecular weight excluding hydrogens is 326 g/mol. The Morgan fingerprint density at radius 1 is 1.19 bits per heavy atom. The van der Waals surface area contributed by atoms with Crippen molar-refractivity contribution in [3.8, 4) is 11.5 Å². The van der Waals surface area contributed by atoms with Gasteiger partial charge in [0.2, 0.25) is 0 Å². The van der Waals surface area contributed by atoms with E-state index in [0.29, 0.717) is 5.92 Å². The van der Waals surface area contributed by atoms with Crippen LogP contribution in [0.15, 0.2) is 46.9 Å². The summed E-state index contributed by atoms with van der Waals surface area (Å²) in [5, 5.41) is 3.15. The minimum Gasteiger partial charge on any atom is -0.457 e. The Hall–Kier alpha value is -1.32. The molecule has 0 amide bonds. The number of hydrogen-bond acceptors (Lipinski definition) is 2. The van der Waals surface area contributed by atoms with Crippen molar-refractivity contribution in [2.45, 2.75) is 32.7 Å². The molecule has 0 saturated carbocycles. The molecule has 0 aromatic heterocycles. The van der Waals surface area contributed by atoms with E-state index in [2.05, 4.69) is 53.3 Å². The lowest BCUT2D eigenvalue weighted by atomic mass is 9.98. The third-order valence-corrected chi connectivity index (χ3v) is 4.42. The summed E-state index contributed by atoms with van der Waals surface area (Å²) < 4.78 is 7.16. The van der Waals surface area contributed by atoms with Crippen molar-refractivity contribution in [3.63, 3.8) is 0 Å². The van der Waals surface area contributed by atoms with Gasteiger partial charge in [-0.3, -0.25) is 0 Å². The van der Waals surface area contributed by atoms with Crippen molar-refractivity contribution >= 4 is 15.9 Å². The monoisotopic (exact) mass is 347 g/mol. The number of ether oxygens (including phenoxy) is 1. The lowest BCUT2D eigenvalue weighted by Gasteiger charge is -2.16. The Morgan fingerprint density at radius 2 is 1.95 bits per heavy atom. The molecule has 1 unspecified atom stereocenters. The van der Waals surface area contributed by atoms with Crippen LogP contribution >= 0.6 is 15.9 Å². The Bertz CT molecular complexity index is 598. The van der Waals surface area contributed by atoms with E-state index in [1.807, 2.05) is 31.3 Å². The first-order chi connectivity index (χ1) is 10.2. The van der Waals surface area contributed by atoms with Crippen LogP contribution in [0.5, 0.6) is 11.5 Å². The van der Waals surface area contributed by atoms with Crippen molar-refractivity contribution in [1.82, 2.24) is 5.32 Å². The van der Waals surface area contributed by atoms with Crippen LogP contribution in [0.2, 0.25) is 0 Å². The molecule has 0 fully saturated rings. The van der Waals surface area contributed by atoms with Crippen LogP contribution in [0, 0.1) is 0 Å². The smallest absolute Gasteiger partial charge is 0.130 e. The third kappa shape index (κ3) is 4.08. The van der Waals surface area contributed by atoms with E-state index in [4.69, 9.17) is 4.74 Å². The Morgan fingerprint density at radius 3 is 2.62 bits per heavy atom. The van der Waals surface area contributed by atoms with E-state index in [-0.39, 0.29) is 0 Å². The van der Waals surface area contributed by atoms with Gasteiger partial charge in [-0.2, -0.15) is 0 Å². The van der Waals surface area contributed by atoms with Gasteiger partial charge >= 0.3 is 0 Å². The predicted molar refractivity (Wildman–Crippen MR) is 92.1 cm³/mol. The highest BCUT2D eigenvalue weighted by molar-refractivity contribution is 9.10. The van der Waals surface area contributed by atoms with Crippen molar-refractivity contribution in [2.75, 3.05) is 7.05 Å². The largest absolute Gasteiger partial charge is 0.457 e. The van der Waals surface area contributed by atoms with Crippen molar-refractivity contribution < 1.29 is 4.74 Å². The lowest BCUT2D eigenvalue weighted by Crippen LogP contribution is -2.05. The molecule has 0 heterocycles. The number of hydrogen-bond donors (Lipinski definition) is 1. The second-order valence-electron chi connectivity index (χ2n) is 5.23. The van der Waals surface area contributed by atoms with Gasteiger partial charge in [-0.05, 0) is 48.7 Å². The third-order valence-electron chi connectivity index (χ3n) is 3.68. The van der Waals surface area contributed by atoms with Crippen LogP contribution in [-0.4, -0.2) is 7.05 Å². The van der Waals surface area contributed by atoms with E-state index in [9.17, 15) is 0 Å². The summed E-state index contributed by atoms with van der Waals surface area (Å²) in [6.45, 7) is 5.27. The zero-order valence-electron chi connectivity index (χ0n) is 12.8. The zero-order chi connectivity index (χ0) is 15.2. The van der Waals surface area contributed by atoms with Gasteiger partial charge in [0.1, 0.15) is 11.5 Å². The molecule has 2 nitrogen and oxygen atoms in total. The summed E-state index contributed by atoms with van der Waals surface area (Å²) in [5.74, 6) is 2.30.